The highest BCUT2D eigenvalue weighted by atomic mass is 16.4. The van der Waals surface area contributed by atoms with Gasteiger partial charge in [0.2, 0.25) is 5.96 Å². The Balaban J connectivity index is 0. The third kappa shape index (κ3) is 8.40. The van der Waals surface area contributed by atoms with Gasteiger partial charge in [-0.1, -0.05) is 0 Å². The molecule has 0 unspecified atom stereocenters. The van der Waals surface area contributed by atoms with E-state index in [1.165, 1.54) is 0 Å². The molecule has 12 heteroatoms. The fourth-order valence-electron chi connectivity index (χ4n) is 1.84. The molecule has 0 spiro atoms. The van der Waals surface area contributed by atoms with Crippen molar-refractivity contribution in [2.75, 3.05) is 48.9 Å². The van der Waals surface area contributed by atoms with Gasteiger partial charge in [-0.15, -0.1) is 0 Å². The molecule has 0 aliphatic rings. The van der Waals surface area contributed by atoms with Crippen molar-refractivity contribution in [3.63, 3.8) is 0 Å². The van der Waals surface area contributed by atoms with Crippen LogP contribution in [0.15, 0.2) is 9.98 Å². The lowest BCUT2D eigenvalue weighted by Crippen LogP contribution is -2.48. The summed E-state index contributed by atoms with van der Waals surface area (Å²) in [6.45, 7) is -0.843. The summed E-state index contributed by atoms with van der Waals surface area (Å²) in [5.74, 6) is -0.0825. The summed E-state index contributed by atoms with van der Waals surface area (Å²) < 4.78 is 0. The van der Waals surface area contributed by atoms with Gasteiger partial charge in [0, 0.05) is 42.3 Å². The number of hydrogen-bond acceptors (Lipinski definition) is 8. The average molecular weight is 381 g/mol. The Kier molecular flexibility index (Phi) is 13.4. The molecule has 0 fully saturated rings. The molecule has 0 aromatic rings. The van der Waals surface area contributed by atoms with Crippen LogP contribution in [0.1, 0.15) is 0 Å². The Hall–Kier alpha value is -1.99. The first-order valence-corrected chi connectivity index (χ1v) is 7.58. The maximum absolute atomic E-state index is 10.1. The number of carbonyl (C=O) groups is 1. The molecule has 0 aliphatic heterocycles. The van der Waals surface area contributed by atoms with E-state index in [0.29, 0.717) is 0 Å². The molecule has 0 aliphatic carbocycles. The van der Waals surface area contributed by atoms with Gasteiger partial charge < -0.3 is 40.9 Å². The lowest BCUT2D eigenvalue weighted by atomic mass is 10.0. The van der Waals surface area contributed by atoms with E-state index in [1.807, 2.05) is 38.0 Å². The zero-order chi connectivity index (χ0) is 21.0. The topological polar surface area (TPSA) is 182 Å². The molecule has 7 N–H and O–H groups in total. The number of nitrogens with one attached hydrogen (secondary N) is 1. The minimum absolute atomic E-state index is 0.786. The van der Waals surface area contributed by atoms with Gasteiger partial charge in [0.1, 0.15) is 18.3 Å². The van der Waals surface area contributed by atoms with E-state index in [4.69, 9.17) is 30.6 Å². The Morgan fingerprint density at radius 3 is 1.81 bits per heavy atom. The van der Waals surface area contributed by atoms with Crippen molar-refractivity contribution in [3.8, 4) is 0 Å². The lowest BCUT2D eigenvalue weighted by Gasteiger charge is -2.26. The average Bonchev–Trinajstić information content (AvgIpc) is 2.60. The number of carboxylic acid groups (broad SMARTS) is 1. The smallest absolute Gasteiger partial charge is 0.335 e. The van der Waals surface area contributed by atoms with Gasteiger partial charge in [-0.3, -0.25) is 14.9 Å². The molecule has 0 aromatic carbocycles. The Labute approximate surface area is 152 Å². The van der Waals surface area contributed by atoms with Gasteiger partial charge in [-0.25, -0.2) is 4.79 Å². The molecule has 0 aromatic heterocycles. The summed E-state index contributed by atoms with van der Waals surface area (Å²) in [6, 6.07) is 0. The SMILES string of the molecule is CN=C(NC)N(C)C(=NC)N(C)C.O=C(O)[C@H](O)[C@@H](O)[C@H](O)[C@H](O)CO. The van der Waals surface area contributed by atoms with Gasteiger partial charge in [0.15, 0.2) is 12.1 Å². The second kappa shape index (κ2) is 13.2. The Morgan fingerprint density at radius 1 is 1.04 bits per heavy atom. The van der Waals surface area contributed by atoms with E-state index in [0.717, 1.165) is 11.9 Å². The van der Waals surface area contributed by atoms with Crippen LogP contribution < -0.4 is 5.32 Å². The summed E-state index contributed by atoms with van der Waals surface area (Å²) >= 11 is 0. The fraction of sp³-hybridized carbons (Fsp3) is 0.786. The van der Waals surface area contributed by atoms with E-state index < -0.39 is 37.0 Å². The molecule has 26 heavy (non-hydrogen) atoms. The minimum Gasteiger partial charge on any atom is -0.479 e. The summed E-state index contributed by atoms with van der Waals surface area (Å²) in [5, 5.41) is 54.8. The first-order chi connectivity index (χ1) is 12.0. The van der Waals surface area contributed by atoms with Crippen LogP contribution in [0.5, 0.6) is 0 Å². The maximum atomic E-state index is 10.1. The molecule has 0 saturated heterocycles. The van der Waals surface area contributed by atoms with Crippen molar-refractivity contribution in [3.05, 3.63) is 0 Å². The van der Waals surface area contributed by atoms with Crippen LogP contribution in [0, 0.1) is 0 Å². The third-order valence-corrected chi connectivity index (χ3v) is 3.16. The maximum Gasteiger partial charge on any atom is 0.335 e. The van der Waals surface area contributed by atoms with Gasteiger partial charge >= 0.3 is 5.97 Å². The second-order valence-electron chi connectivity index (χ2n) is 5.29. The zero-order valence-corrected chi connectivity index (χ0v) is 15.9. The van der Waals surface area contributed by atoms with Crippen LogP contribution in [-0.4, -0.2) is 132 Å². The van der Waals surface area contributed by atoms with Gasteiger partial charge in [0.05, 0.1) is 6.61 Å². The Bertz CT molecular complexity index is 473. The molecule has 12 nitrogen and oxygen atoms in total. The molecule has 0 rings (SSSR count). The molecular weight excluding hydrogens is 350 g/mol. The monoisotopic (exact) mass is 381 g/mol. The third-order valence-electron chi connectivity index (χ3n) is 3.16. The highest BCUT2D eigenvalue weighted by Gasteiger charge is 2.33. The van der Waals surface area contributed by atoms with E-state index >= 15 is 0 Å². The number of nitrogens with zero attached hydrogens (tertiary/aromatic N) is 4. The zero-order valence-electron chi connectivity index (χ0n) is 15.9. The number of carboxylic acids is 1. The van der Waals surface area contributed by atoms with Crippen molar-refractivity contribution < 1.29 is 35.4 Å². The molecular formula is C14H31N5O7. The second-order valence-corrected chi connectivity index (χ2v) is 5.29. The van der Waals surface area contributed by atoms with Crippen LogP contribution >= 0.6 is 0 Å². The summed E-state index contributed by atoms with van der Waals surface area (Å²) in [5.41, 5.74) is 0. The number of aliphatic carboxylic acids is 1. The largest absolute Gasteiger partial charge is 0.479 e. The van der Waals surface area contributed by atoms with Crippen molar-refractivity contribution in [1.29, 1.82) is 0 Å². The molecule has 0 radical (unpaired) electrons. The van der Waals surface area contributed by atoms with Crippen molar-refractivity contribution in [2.24, 2.45) is 9.98 Å². The first-order valence-electron chi connectivity index (χ1n) is 7.58. The van der Waals surface area contributed by atoms with Crippen molar-refractivity contribution >= 4 is 17.9 Å². The number of guanidine groups is 2. The minimum atomic E-state index is -2.20. The highest BCUT2D eigenvalue weighted by molar-refractivity contribution is 5.97. The van der Waals surface area contributed by atoms with E-state index in [9.17, 15) is 4.79 Å². The number of rotatable bonds is 5. The molecule has 4 atom stereocenters. The number of aliphatic imine (C=N–C) groups is 2. The van der Waals surface area contributed by atoms with Crippen LogP contribution in [0.4, 0.5) is 0 Å². The van der Waals surface area contributed by atoms with E-state index in [2.05, 4.69) is 15.3 Å². The van der Waals surface area contributed by atoms with Crippen LogP contribution in [0.3, 0.4) is 0 Å². The van der Waals surface area contributed by atoms with Gasteiger partial charge in [0.25, 0.3) is 0 Å². The molecule has 0 saturated carbocycles. The highest BCUT2D eigenvalue weighted by Crippen LogP contribution is 2.04. The first kappa shape index (κ1) is 26.2. The van der Waals surface area contributed by atoms with Crippen LogP contribution in [0.2, 0.25) is 0 Å². The van der Waals surface area contributed by atoms with Gasteiger partial charge in [-0.2, -0.15) is 0 Å². The van der Waals surface area contributed by atoms with Crippen LogP contribution in [0.25, 0.3) is 0 Å². The van der Waals surface area contributed by atoms with Crippen molar-refractivity contribution in [1.82, 2.24) is 15.1 Å². The summed E-state index contributed by atoms with van der Waals surface area (Å²) in [4.78, 5) is 22.1. The number of hydrogen-bond donors (Lipinski definition) is 7. The molecule has 0 bridgehead atoms. The summed E-state index contributed by atoms with van der Waals surface area (Å²) in [7, 11) is 11.1. The molecule has 0 heterocycles. The molecule has 154 valence electrons. The van der Waals surface area contributed by atoms with E-state index in [-0.39, 0.29) is 0 Å². The lowest BCUT2D eigenvalue weighted by molar-refractivity contribution is -0.164. The fourth-order valence-corrected chi connectivity index (χ4v) is 1.84. The van der Waals surface area contributed by atoms with E-state index in [1.54, 1.807) is 14.1 Å². The predicted molar refractivity (Wildman–Crippen MR) is 96.0 cm³/mol. The standard InChI is InChI=1S/C8H19N5.C6H12O7/c1-9-7(10-2)13(6)8(11-3)12(4)5;7-1-2(8)3(9)4(10)5(11)6(12)13/h1-6H3,(H,9,10);2-5,7-11H,1H2,(H,12,13)/t;2-,3-,4+,5-/m.1/s1. The quantitative estimate of drug-likeness (QED) is 0.184. The molecule has 0 amide bonds. The van der Waals surface area contributed by atoms with Gasteiger partial charge in [-0.05, 0) is 0 Å². The number of aliphatic hydroxyl groups is 5. The van der Waals surface area contributed by atoms with Crippen molar-refractivity contribution in [2.45, 2.75) is 24.4 Å². The Morgan fingerprint density at radius 2 is 1.54 bits per heavy atom. The summed E-state index contributed by atoms with van der Waals surface area (Å²) in [6.07, 6.45) is -7.84. The normalized spacial score (nSPS) is 16.6. The predicted octanol–water partition coefficient (Wildman–Crippen LogP) is -3.82. The van der Waals surface area contributed by atoms with Crippen LogP contribution in [-0.2, 0) is 4.79 Å². The number of aliphatic hydroxyl groups excluding tert-OH is 5.